The van der Waals surface area contributed by atoms with E-state index in [0.29, 0.717) is 0 Å². The normalized spacial score (nSPS) is 11.3. The summed E-state index contributed by atoms with van der Waals surface area (Å²) in [6, 6.07) is 105. The van der Waals surface area contributed by atoms with Gasteiger partial charge in [-0.3, -0.25) is 0 Å². The molecule has 3 heteroatoms. The van der Waals surface area contributed by atoms with Gasteiger partial charge in [0, 0.05) is 44.3 Å². The van der Waals surface area contributed by atoms with Crippen LogP contribution in [0.2, 0.25) is 0 Å². The zero-order valence-corrected chi connectivity index (χ0v) is 40.0. The third-order valence-electron chi connectivity index (χ3n) is 14.1. The molecular weight excluding hydrogens is 885 g/mol. The number of nitrogens with zero attached hydrogens (tertiary/aromatic N) is 2. The first-order chi connectivity index (χ1) is 36.2. The third kappa shape index (κ3) is 8.19. The lowest BCUT2D eigenvalue weighted by Crippen LogP contribution is -2.15. The van der Waals surface area contributed by atoms with Crippen LogP contribution in [-0.2, 0) is 0 Å². The van der Waals surface area contributed by atoms with Crippen molar-refractivity contribution in [3.05, 3.63) is 291 Å². The number of para-hydroxylation sites is 2. The molecule has 12 aromatic carbocycles. The van der Waals surface area contributed by atoms with Crippen LogP contribution < -0.4 is 9.80 Å². The van der Waals surface area contributed by atoms with Gasteiger partial charge in [0.15, 0.2) is 5.58 Å². The SMILES string of the molecule is c1ccc(-c2ccc(-c3ccccc3N(c3ccc(-c4ccccc4)cc3)c3cc(N(c4ccc(-c5ccccc5)cc4)c4ccccc4-c4ccccc4)c4oc5c6ccccc6ccc5c4c3)cc2)cc1. The first kappa shape index (κ1) is 43.3. The van der Waals surface area contributed by atoms with Crippen molar-refractivity contribution in [3.8, 4) is 55.6 Å². The molecule has 0 radical (unpaired) electrons. The summed E-state index contributed by atoms with van der Waals surface area (Å²) in [5, 5.41) is 4.28. The number of hydrogen-bond acceptors (Lipinski definition) is 3. The standard InChI is InChI=1S/C70H48N2O/c1-5-19-49(20-6-1)52-33-35-57(36-34-52)62-29-15-17-31-66(62)71(58-42-37-53(38-43-58)50-21-7-2-8-22-50)60-47-65-64-46-41-56-27-13-14-30-63(56)69(64)73-70(65)68(48-60)72(59-44-39-54(40-45-59)51-23-9-3-10-24-51)67-32-18-16-28-61(67)55-25-11-4-12-26-55/h1-48H. The number of anilines is 6. The second-order valence-electron chi connectivity index (χ2n) is 18.4. The van der Waals surface area contributed by atoms with Gasteiger partial charge in [0.1, 0.15) is 5.58 Å². The lowest BCUT2D eigenvalue weighted by molar-refractivity contribution is 0.673. The van der Waals surface area contributed by atoms with Gasteiger partial charge in [0.2, 0.25) is 0 Å². The Balaban J connectivity index is 1.09. The van der Waals surface area contributed by atoms with Crippen molar-refractivity contribution < 1.29 is 4.42 Å². The Morgan fingerprint density at radius 3 is 1.16 bits per heavy atom. The maximum absolute atomic E-state index is 7.35. The molecule has 73 heavy (non-hydrogen) atoms. The number of hydrogen-bond donors (Lipinski definition) is 0. The van der Waals surface area contributed by atoms with Gasteiger partial charge in [0.05, 0.1) is 17.1 Å². The zero-order valence-electron chi connectivity index (χ0n) is 40.0. The number of rotatable bonds is 11. The van der Waals surface area contributed by atoms with Gasteiger partial charge < -0.3 is 14.2 Å². The number of benzene rings is 12. The van der Waals surface area contributed by atoms with E-state index in [1.54, 1.807) is 0 Å². The summed E-state index contributed by atoms with van der Waals surface area (Å²) in [6.45, 7) is 0. The molecule has 0 aliphatic heterocycles. The van der Waals surface area contributed by atoms with Crippen LogP contribution in [0.4, 0.5) is 34.1 Å². The van der Waals surface area contributed by atoms with Crippen LogP contribution >= 0.6 is 0 Å². The van der Waals surface area contributed by atoms with Gasteiger partial charge >= 0.3 is 0 Å². The molecule has 0 fully saturated rings. The Kier molecular flexibility index (Phi) is 11.2. The van der Waals surface area contributed by atoms with Gasteiger partial charge in [-0.2, -0.15) is 0 Å². The van der Waals surface area contributed by atoms with E-state index in [9.17, 15) is 0 Å². The van der Waals surface area contributed by atoms with Crippen LogP contribution in [0.25, 0.3) is 88.3 Å². The highest BCUT2D eigenvalue weighted by molar-refractivity contribution is 6.19. The van der Waals surface area contributed by atoms with Gasteiger partial charge in [-0.15, -0.1) is 0 Å². The van der Waals surface area contributed by atoms with Crippen LogP contribution in [0, 0.1) is 0 Å². The summed E-state index contributed by atoms with van der Waals surface area (Å²) < 4.78 is 7.35. The smallest absolute Gasteiger partial charge is 0.159 e. The van der Waals surface area contributed by atoms with E-state index in [1.165, 1.54) is 22.3 Å². The van der Waals surface area contributed by atoms with Crippen LogP contribution in [0.5, 0.6) is 0 Å². The summed E-state index contributed by atoms with van der Waals surface area (Å²) in [5.41, 5.74) is 19.2. The number of fused-ring (bicyclic) bond motifs is 5. The highest BCUT2D eigenvalue weighted by atomic mass is 16.3. The van der Waals surface area contributed by atoms with Crippen molar-refractivity contribution in [2.75, 3.05) is 9.80 Å². The first-order valence-electron chi connectivity index (χ1n) is 24.9. The molecule has 3 nitrogen and oxygen atoms in total. The molecule has 0 unspecified atom stereocenters. The molecule has 13 aromatic rings. The molecule has 0 spiro atoms. The summed E-state index contributed by atoms with van der Waals surface area (Å²) in [4.78, 5) is 4.83. The second kappa shape index (κ2) is 18.9. The monoisotopic (exact) mass is 932 g/mol. The highest BCUT2D eigenvalue weighted by Crippen LogP contribution is 2.51. The second-order valence-corrected chi connectivity index (χ2v) is 18.4. The molecule has 0 N–H and O–H groups in total. The van der Waals surface area contributed by atoms with Gasteiger partial charge in [-0.05, 0) is 104 Å². The van der Waals surface area contributed by atoms with Crippen molar-refractivity contribution in [2.45, 2.75) is 0 Å². The van der Waals surface area contributed by atoms with Gasteiger partial charge in [-0.25, -0.2) is 0 Å². The van der Waals surface area contributed by atoms with Crippen molar-refractivity contribution >= 4 is 66.8 Å². The summed E-state index contributed by atoms with van der Waals surface area (Å²) >= 11 is 0. The van der Waals surface area contributed by atoms with E-state index < -0.39 is 0 Å². The topological polar surface area (TPSA) is 19.6 Å². The minimum absolute atomic E-state index is 0.800. The fourth-order valence-electron chi connectivity index (χ4n) is 10.5. The predicted molar refractivity (Wildman–Crippen MR) is 308 cm³/mol. The molecule has 13 rings (SSSR count). The summed E-state index contributed by atoms with van der Waals surface area (Å²) in [5.74, 6) is 0. The Morgan fingerprint density at radius 2 is 0.616 bits per heavy atom. The minimum atomic E-state index is 0.800. The van der Waals surface area contributed by atoms with Gasteiger partial charge in [0.25, 0.3) is 0 Å². The van der Waals surface area contributed by atoms with Crippen molar-refractivity contribution in [3.63, 3.8) is 0 Å². The van der Waals surface area contributed by atoms with Crippen LogP contribution in [0.3, 0.4) is 0 Å². The highest BCUT2D eigenvalue weighted by Gasteiger charge is 2.27. The van der Waals surface area contributed by atoms with E-state index in [0.717, 1.165) is 100 Å². The molecule has 0 amide bonds. The van der Waals surface area contributed by atoms with E-state index >= 15 is 0 Å². The van der Waals surface area contributed by atoms with E-state index in [-0.39, 0.29) is 0 Å². The van der Waals surface area contributed by atoms with E-state index in [4.69, 9.17) is 4.42 Å². The Morgan fingerprint density at radius 1 is 0.219 bits per heavy atom. The molecule has 0 saturated heterocycles. The number of furan rings is 1. The largest absolute Gasteiger partial charge is 0.453 e. The van der Waals surface area contributed by atoms with Crippen LogP contribution in [-0.4, -0.2) is 0 Å². The van der Waals surface area contributed by atoms with Crippen molar-refractivity contribution in [2.24, 2.45) is 0 Å². The summed E-state index contributed by atoms with van der Waals surface area (Å²) in [7, 11) is 0. The lowest BCUT2D eigenvalue weighted by atomic mass is 9.97. The summed E-state index contributed by atoms with van der Waals surface area (Å²) in [6.07, 6.45) is 0. The molecule has 0 atom stereocenters. The minimum Gasteiger partial charge on any atom is -0.453 e. The van der Waals surface area contributed by atoms with Crippen molar-refractivity contribution in [1.29, 1.82) is 0 Å². The molecule has 344 valence electrons. The van der Waals surface area contributed by atoms with E-state index in [2.05, 4.69) is 301 Å². The Labute approximate surface area is 425 Å². The maximum atomic E-state index is 7.35. The van der Waals surface area contributed by atoms with Crippen molar-refractivity contribution in [1.82, 2.24) is 0 Å². The Bertz CT molecular complexity index is 4040. The lowest BCUT2D eigenvalue weighted by Gasteiger charge is -2.31. The fourth-order valence-corrected chi connectivity index (χ4v) is 10.5. The molecule has 0 saturated carbocycles. The zero-order chi connectivity index (χ0) is 48.5. The Hall–Kier alpha value is -9.70. The molecular formula is C70H48N2O. The van der Waals surface area contributed by atoms with Gasteiger partial charge in [-0.1, -0.05) is 237 Å². The quantitative estimate of drug-likeness (QED) is 0.129. The average molecular weight is 933 g/mol. The van der Waals surface area contributed by atoms with Crippen LogP contribution in [0.1, 0.15) is 0 Å². The molecule has 0 aliphatic rings. The first-order valence-corrected chi connectivity index (χ1v) is 24.9. The van der Waals surface area contributed by atoms with E-state index in [1.807, 2.05) is 0 Å². The molecule has 0 aliphatic carbocycles. The maximum Gasteiger partial charge on any atom is 0.159 e. The molecule has 0 bridgehead atoms. The fraction of sp³-hybridized carbons (Fsp3) is 0. The molecule has 1 aromatic heterocycles. The third-order valence-corrected chi connectivity index (χ3v) is 14.1. The predicted octanol–water partition coefficient (Wildman–Crippen LogP) is 20.0. The van der Waals surface area contributed by atoms with Crippen LogP contribution in [0.15, 0.2) is 296 Å². The molecule has 1 heterocycles. The average Bonchev–Trinajstić information content (AvgIpc) is 3.87.